The molecule has 0 heterocycles. The van der Waals surface area contributed by atoms with Crippen LogP contribution in [-0.2, 0) is 38.1 Å². The lowest BCUT2D eigenvalue weighted by Gasteiger charge is -2.10. The minimum absolute atomic E-state index is 0.0434. The normalized spacial score (nSPS) is 10.0. The van der Waals surface area contributed by atoms with Crippen LogP contribution in [0, 0.1) is 0 Å². The Morgan fingerprint density at radius 2 is 1.24 bits per heavy atom. The Hall–Kier alpha value is -2.42. The highest BCUT2D eigenvalue weighted by molar-refractivity contribution is 5.81. The summed E-state index contributed by atoms with van der Waals surface area (Å²) >= 11 is 0. The monoisotopic (exact) mass is 359 g/mol. The van der Waals surface area contributed by atoms with E-state index < -0.39 is 23.9 Å². The van der Waals surface area contributed by atoms with Crippen LogP contribution >= 0.6 is 0 Å². The van der Waals surface area contributed by atoms with E-state index in [-0.39, 0.29) is 45.7 Å². The Morgan fingerprint density at radius 1 is 0.760 bits per heavy atom. The van der Waals surface area contributed by atoms with Crippen LogP contribution in [0.2, 0.25) is 0 Å². The second-order valence-corrected chi connectivity index (χ2v) is 5.09. The molecule has 9 nitrogen and oxygen atoms in total. The second-order valence-electron chi connectivity index (χ2n) is 5.09. The van der Waals surface area contributed by atoms with E-state index in [1.807, 2.05) is 19.0 Å². The maximum Gasteiger partial charge on any atom is 0.330 e. The first-order valence-electron chi connectivity index (χ1n) is 7.76. The Morgan fingerprint density at radius 3 is 1.80 bits per heavy atom. The number of hydrogen-bond acceptors (Lipinski definition) is 9. The molecule has 0 unspecified atom stereocenters. The van der Waals surface area contributed by atoms with Gasteiger partial charge in [-0.15, -0.1) is 0 Å². The molecule has 9 heteroatoms. The van der Waals surface area contributed by atoms with Gasteiger partial charge in [0.25, 0.3) is 0 Å². The van der Waals surface area contributed by atoms with Gasteiger partial charge in [-0.25, -0.2) is 4.79 Å². The van der Waals surface area contributed by atoms with E-state index >= 15 is 0 Å². The molecule has 0 saturated carbocycles. The fourth-order valence-corrected chi connectivity index (χ4v) is 1.37. The molecule has 0 aromatic rings. The van der Waals surface area contributed by atoms with Crippen LogP contribution in [0.25, 0.3) is 0 Å². The maximum absolute atomic E-state index is 11.4. The van der Waals surface area contributed by atoms with Crippen LogP contribution in [0.5, 0.6) is 0 Å². The van der Waals surface area contributed by atoms with Crippen molar-refractivity contribution in [2.45, 2.75) is 19.3 Å². The minimum Gasteiger partial charge on any atom is -0.465 e. The molecule has 0 rings (SSSR count). The van der Waals surface area contributed by atoms with Crippen LogP contribution < -0.4 is 0 Å². The molecular formula is C16H25NO8. The summed E-state index contributed by atoms with van der Waals surface area (Å²) < 4.78 is 19.1. The molecule has 142 valence electrons. The van der Waals surface area contributed by atoms with Crippen molar-refractivity contribution in [2.75, 3.05) is 47.1 Å². The van der Waals surface area contributed by atoms with E-state index in [4.69, 9.17) is 14.2 Å². The number of carbonyl (C=O) groups excluding carboxylic acids is 4. The molecule has 25 heavy (non-hydrogen) atoms. The van der Waals surface area contributed by atoms with Crippen molar-refractivity contribution in [1.29, 1.82) is 0 Å². The molecule has 0 spiro atoms. The van der Waals surface area contributed by atoms with Crippen LogP contribution in [-0.4, -0.2) is 75.8 Å². The van der Waals surface area contributed by atoms with Crippen molar-refractivity contribution in [3.05, 3.63) is 12.7 Å². The molecule has 0 aliphatic carbocycles. The summed E-state index contributed by atoms with van der Waals surface area (Å²) in [6.07, 6.45) is 0.622. The summed E-state index contributed by atoms with van der Waals surface area (Å²) in [7, 11) is 3.71. The van der Waals surface area contributed by atoms with Gasteiger partial charge in [-0.2, -0.15) is 0 Å². The number of rotatable bonds is 13. The molecule has 0 atom stereocenters. The highest BCUT2D eigenvalue weighted by Crippen LogP contribution is 1.98. The zero-order valence-corrected chi connectivity index (χ0v) is 14.7. The molecule has 0 aromatic heterocycles. The fraction of sp³-hybridized carbons (Fsp3) is 0.625. The first kappa shape index (κ1) is 22.6. The molecule has 0 aromatic carbocycles. The molecule has 0 radical (unpaired) electrons. The highest BCUT2D eigenvalue weighted by atomic mass is 16.6. The van der Waals surface area contributed by atoms with Crippen molar-refractivity contribution < 1.29 is 38.1 Å². The largest absolute Gasteiger partial charge is 0.465 e. The van der Waals surface area contributed by atoms with Gasteiger partial charge in [0.05, 0.1) is 19.3 Å². The summed E-state index contributed by atoms with van der Waals surface area (Å²) in [4.78, 5) is 46.7. The Kier molecular flexibility index (Phi) is 12.6. The highest BCUT2D eigenvalue weighted by Gasteiger charge is 2.11. The summed E-state index contributed by atoms with van der Waals surface area (Å²) in [6, 6.07) is 0. The van der Waals surface area contributed by atoms with Gasteiger partial charge in [0, 0.05) is 12.6 Å². The Balaban J connectivity index is 3.62. The first-order valence-corrected chi connectivity index (χ1v) is 7.76. The van der Waals surface area contributed by atoms with Crippen LogP contribution in [0.1, 0.15) is 19.3 Å². The van der Waals surface area contributed by atoms with Gasteiger partial charge in [-0.05, 0) is 14.1 Å². The molecule has 0 saturated heterocycles. The van der Waals surface area contributed by atoms with E-state index in [0.717, 1.165) is 6.08 Å². The second kappa shape index (κ2) is 14.0. The molecule has 0 bridgehead atoms. The van der Waals surface area contributed by atoms with Gasteiger partial charge < -0.3 is 23.8 Å². The third-order valence-corrected chi connectivity index (χ3v) is 2.66. The van der Waals surface area contributed by atoms with Crippen molar-refractivity contribution in [3.63, 3.8) is 0 Å². The van der Waals surface area contributed by atoms with E-state index in [1.54, 1.807) is 0 Å². The number of carbonyl (C=O) groups is 4. The lowest BCUT2D eigenvalue weighted by Crippen LogP contribution is -2.21. The van der Waals surface area contributed by atoms with Crippen LogP contribution in [0.4, 0.5) is 0 Å². The van der Waals surface area contributed by atoms with E-state index in [2.05, 4.69) is 11.3 Å². The fourth-order valence-electron chi connectivity index (χ4n) is 1.37. The summed E-state index contributed by atoms with van der Waals surface area (Å²) in [5, 5.41) is 0. The zero-order chi connectivity index (χ0) is 19.1. The molecule has 0 amide bonds. The predicted molar refractivity (Wildman–Crippen MR) is 86.4 cm³/mol. The first-order chi connectivity index (χ1) is 11.8. The van der Waals surface area contributed by atoms with E-state index in [9.17, 15) is 19.2 Å². The average molecular weight is 359 g/mol. The number of nitrogens with zero attached hydrogens (tertiary/aromatic N) is 1. The van der Waals surface area contributed by atoms with Gasteiger partial charge >= 0.3 is 23.9 Å². The third kappa shape index (κ3) is 14.9. The smallest absolute Gasteiger partial charge is 0.330 e. The van der Waals surface area contributed by atoms with Crippen LogP contribution in [0.15, 0.2) is 12.7 Å². The lowest BCUT2D eigenvalue weighted by molar-refractivity contribution is -0.154. The molecule has 0 aliphatic heterocycles. The average Bonchev–Trinajstić information content (AvgIpc) is 2.56. The number of esters is 4. The van der Waals surface area contributed by atoms with Gasteiger partial charge in [0.2, 0.25) is 0 Å². The quantitative estimate of drug-likeness (QED) is 0.195. The maximum atomic E-state index is 11.4. The molecule has 0 N–H and O–H groups in total. The molecule has 0 fully saturated rings. The van der Waals surface area contributed by atoms with Gasteiger partial charge in [0.15, 0.2) is 0 Å². The number of hydrogen-bond donors (Lipinski definition) is 0. The van der Waals surface area contributed by atoms with Gasteiger partial charge in [-0.1, -0.05) is 6.58 Å². The van der Waals surface area contributed by atoms with Crippen molar-refractivity contribution in [3.8, 4) is 0 Å². The summed E-state index contributed by atoms with van der Waals surface area (Å²) in [5.74, 6) is -2.30. The van der Waals surface area contributed by atoms with Crippen LogP contribution in [0.3, 0.4) is 0 Å². The van der Waals surface area contributed by atoms with Crippen molar-refractivity contribution in [2.24, 2.45) is 0 Å². The standard InChI is InChI=1S/C16H25NO8/c1-4-13(18)24-11-12-25-15(20)6-5-14(19)22-9-7-16(21)23-10-8-17(2)3/h4H,1,5-12H2,2-3H3. The Labute approximate surface area is 146 Å². The number of ether oxygens (including phenoxy) is 4. The van der Waals surface area contributed by atoms with E-state index in [1.165, 1.54) is 0 Å². The van der Waals surface area contributed by atoms with Gasteiger partial charge in [0.1, 0.15) is 26.4 Å². The third-order valence-electron chi connectivity index (χ3n) is 2.66. The molecule has 0 aliphatic rings. The van der Waals surface area contributed by atoms with Crippen molar-refractivity contribution in [1.82, 2.24) is 4.90 Å². The SMILES string of the molecule is C=CC(=O)OCCOC(=O)CCC(=O)OCCC(=O)OCCN(C)C. The molecular weight excluding hydrogens is 334 g/mol. The topological polar surface area (TPSA) is 108 Å². The minimum atomic E-state index is -0.616. The predicted octanol–water partition coefficient (Wildman–Crippen LogP) is 0.0771. The van der Waals surface area contributed by atoms with E-state index in [0.29, 0.717) is 6.54 Å². The zero-order valence-electron chi connectivity index (χ0n) is 14.7. The number of likely N-dealkylation sites (N-methyl/N-ethyl adjacent to an activating group) is 1. The summed E-state index contributed by atoms with van der Waals surface area (Å²) in [5.41, 5.74) is 0. The summed E-state index contributed by atoms with van der Waals surface area (Å²) in [6.45, 7) is 3.80. The Bertz CT molecular complexity index is 461. The van der Waals surface area contributed by atoms with Gasteiger partial charge in [-0.3, -0.25) is 14.4 Å². The van der Waals surface area contributed by atoms with Crippen molar-refractivity contribution >= 4 is 23.9 Å². The lowest BCUT2D eigenvalue weighted by atomic mass is 10.3.